The lowest BCUT2D eigenvalue weighted by Gasteiger charge is -2.25. The van der Waals surface area contributed by atoms with Crippen molar-refractivity contribution in [2.75, 3.05) is 18.4 Å². The molecule has 1 aromatic rings. The third-order valence-electron chi connectivity index (χ3n) is 3.44. The Bertz CT molecular complexity index is 362. The molecule has 0 unspecified atom stereocenters. The van der Waals surface area contributed by atoms with Crippen LogP contribution < -0.4 is 11.1 Å². The summed E-state index contributed by atoms with van der Waals surface area (Å²) in [5, 5.41) is 3.38. The largest absolute Gasteiger partial charge is 0.382 e. The Morgan fingerprint density at radius 2 is 1.88 bits per heavy atom. The summed E-state index contributed by atoms with van der Waals surface area (Å²) in [6, 6.07) is 0. The first-order valence-corrected chi connectivity index (χ1v) is 6.51. The lowest BCUT2D eigenvalue weighted by Crippen LogP contribution is -2.16. The van der Waals surface area contributed by atoms with Gasteiger partial charge in [0.25, 0.3) is 0 Å². The summed E-state index contributed by atoms with van der Waals surface area (Å²) < 4.78 is 0. The minimum Gasteiger partial charge on any atom is -0.382 e. The molecule has 1 aliphatic rings. The van der Waals surface area contributed by atoms with E-state index >= 15 is 0 Å². The molecule has 0 amide bonds. The lowest BCUT2D eigenvalue weighted by atomic mass is 9.85. The van der Waals surface area contributed by atoms with Crippen LogP contribution in [0.1, 0.15) is 48.8 Å². The second-order valence-corrected chi connectivity index (χ2v) is 4.82. The molecule has 17 heavy (non-hydrogen) atoms. The molecule has 0 atom stereocenters. The summed E-state index contributed by atoms with van der Waals surface area (Å²) in [6.07, 6.45) is 4.80. The van der Waals surface area contributed by atoms with Crippen molar-refractivity contribution < 1.29 is 0 Å². The van der Waals surface area contributed by atoms with Crippen LogP contribution in [0.15, 0.2) is 0 Å². The van der Waals surface area contributed by atoms with Crippen molar-refractivity contribution in [2.24, 2.45) is 5.73 Å². The van der Waals surface area contributed by atoms with Crippen LogP contribution in [0.4, 0.5) is 5.69 Å². The molecule has 1 heterocycles. The molecule has 94 valence electrons. The van der Waals surface area contributed by atoms with Crippen molar-refractivity contribution in [3.63, 3.8) is 0 Å². The van der Waals surface area contributed by atoms with Gasteiger partial charge in [-0.2, -0.15) is 0 Å². The predicted molar refractivity (Wildman–Crippen MR) is 70.3 cm³/mol. The average Bonchev–Trinajstić information content (AvgIpc) is 2.19. The zero-order valence-corrected chi connectivity index (χ0v) is 10.8. The summed E-state index contributed by atoms with van der Waals surface area (Å²) in [5.74, 6) is 1.64. The summed E-state index contributed by atoms with van der Waals surface area (Å²) in [6.45, 7) is 5.72. The summed E-state index contributed by atoms with van der Waals surface area (Å²) in [4.78, 5) is 9.26. The molecule has 4 heteroatoms. The van der Waals surface area contributed by atoms with Gasteiger partial charge in [-0.1, -0.05) is 6.42 Å². The lowest BCUT2D eigenvalue weighted by molar-refractivity contribution is 0.400. The van der Waals surface area contributed by atoms with Crippen LogP contribution >= 0.6 is 0 Å². The highest BCUT2D eigenvalue weighted by Gasteiger charge is 2.23. The number of rotatable bonds is 5. The van der Waals surface area contributed by atoms with Crippen LogP contribution in [0.5, 0.6) is 0 Å². The normalized spacial score (nSPS) is 15.7. The van der Waals surface area contributed by atoms with E-state index in [9.17, 15) is 0 Å². The van der Waals surface area contributed by atoms with Crippen LogP contribution in [0.3, 0.4) is 0 Å². The van der Waals surface area contributed by atoms with Gasteiger partial charge in [-0.15, -0.1) is 0 Å². The number of nitrogens with zero attached hydrogens (tertiary/aromatic N) is 2. The maximum absolute atomic E-state index is 5.49. The molecule has 0 spiro atoms. The van der Waals surface area contributed by atoms with E-state index in [1.165, 1.54) is 19.3 Å². The predicted octanol–water partition coefficient (Wildman–Crippen LogP) is 2.12. The van der Waals surface area contributed by atoms with Crippen LogP contribution in [0.25, 0.3) is 0 Å². The first-order chi connectivity index (χ1) is 8.22. The Morgan fingerprint density at radius 3 is 2.35 bits per heavy atom. The highest BCUT2D eigenvalue weighted by atomic mass is 15.0. The summed E-state index contributed by atoms with van der Waals surface area (Å²) >= 11 is 0. The number of aryl methyl sites for hydroxylation is 2. The Balaban J connectivity index is 2.11. The number of nitrogens with one attached hydrogen (secondary N) is 1. The molecule has 0 saturated heterocycles. The van der Waals surface area contributed by atoms with E-state index in [0.717, 1.165) is 35.9 Å². The second kappa shape index (κ2) is 5.45. The van der Waals surface area contributed by atoms with Crippen molar-refractivity contribution in [3.8, 4) is 0 Å². The first-order valence-electron chi connectivity index (χ1n) is 6.51. The Labute approximate surface area is 103 Å². The fourth-order valence-corrected chi connectivity index (χ4v) is 2.16. The molecule has 0 aromatic carbocycles. The Hall–Kier alpha value is -1.16. The number of hydrogen-bond acceptors (Lipinski definition) is 4. The molecule has 1 aliphatic carbocycles. The molecule has 0 bridgehead atoms. The minimum absolute atomic E-state index is 0.602. The van der Waals surface area contributed by atoms with Crippen molar-refractivity contribution in [1.82, 2.24) is 9.97 Å². The van der Waals surface area contributed by atoms with Gasteiger partial charge in [0.1, 0.15) is 5.82 Å². The topological polar surface area (TPSA) is 63.8 Å². The smallest absolute Gasteiger partial charge is 0.132 e. The fraction of sp³-hybridized carbons (Fsp3) is 0.692. The van der Waals surface area contributed by atoms with Gasteiger partial charge in [-0.3, -0.25) is 0 Å². The molecular formula is C13H22N4. The average molecular weight is 234 g/mol. The molecule has 0 radical (unpaired) electrons. The van der Waals surface area contributed by atoms with Gasteiger partial charge in [-0.25, -0.2) is 9.97 Å². The number of anilines is 1. The van der Waals surface area contributed by atoms with E-state index < -0.39 is 0 Å². The van der Waals surface area contributed by atoms with Gasteiger partial charge in [0.2, 0.25) is 0 Å². The highest BCUT2D eigenvalue weighted by Crippen LogP contribution is 2.35. The summed E-state index contributed by atoms with van der Waals surface area (Å²) in [5.41, 5.74) is 8.70. The van der Waals surface area contributed by atoms with Crippen molar-refractivity contribution in [1.29, 1.82) is 0 Å². The standard InChI is InChI=1S/C13H22N4/c1-9-12(15-8-4-7-14)10(2)17-13(16-9)11-5-3-6-11/h11,15H,3-8,14H2,1-2H3. The maximum Gasteiger partial charge on any atom is 0.132 e. The van der Waals surface area contributed by atoms with Crippen LogP contribution in [-0.2, 0) is 0 Å². The Morgan fingerprint density at radius 1 is 1.24 bits per heavy atom. The van der Waals surface area contributed by atoms with E-state index in [2.05, 4.69) is 29.1 Å². The van der Waals surface area contributed by atoms with Gasteiger partial charge >= 0.3 is 0 Å². The molecule has 4 nitrogen and oxygen atoms in total. The number of aromatic nitrogens is 2. The summed E-state index contributed by atoms with van der Waals surface area (Å²) in [7, 11) is 0. The van der Waals surface area contributed by atoms with Crippen molar-refractivity contribution in [3.05, 3.63) is 17.2 Å². The van der Waals surface area contributed by atoms with Gasteiger partial charge in [-0.05, 0) is 39.7 Å². The minimum atomic E-state index is 0.602. The zero-order chi connectivity index (χ0) is 12.3. The van der Waals surface area contributed by atoms with E-state index in [1.807, 2.05) is 0 Å². The zero-order valence-electron chi connectivity index (χ0n) is 10.8. The SMILES string of the molecule is Cc1nc(C2CCC2)nc(C)c1NCCCN. The fourth-order valence-electron chi connectivity index (χ4n) is 2.16. The molecule has 1 saturated carbocycles. The first kappa shape index (κ1) is 12.3. The molecule has 0 aliphatic heterocycles. The molecule has 2 rings (SSSR count). The third-order valence-corrected chi connectivity index (χ3v) is 3.44. The molecular weight excluding hydrogens is 212 g/mol. The van der Waals surface area contributed by atoms with Crippen LogP contribution in [0, 0.1) is 13.8 Å². The van der Waals surface area contributed by atoms with E-state index in [4.69, 9.17) is 5.73 Å². The van der Waals surface area contributed by atoms with Gasteiger partial charge in [0, 0.05) is 12.5 Å². The number of nitrogens with two attached hydrogens (primary N) is 1. The van der Waals surface area contributed by atoms with Gasteiger partial charge in [0.05, 0.1) is 17.1 Å². The third kappa shape index (κ3) is 2.75. The second-order valence-electron chi connectivity index (χ2n) is 4.82. The molecule has 1 aromatic heterocycles. The van der Waals surface area contributed by atoms with Crippen molar-refractivity contribution >= 4 is 5.69 Å². The maximum atomic E-state index is 5.49. The molecule has 1 fully saturated rings. The van der Waals surface area contributed by atoms with E-state index in [1.54, 1.807) is 0 Å². The quantitative estimate of drug-likeness (QED) is 0.766. The van der Waals surface area contributed by atoms with Gasteiger partial charge < -0.3 is 11.1 Å². The van der Waals surface area contributed by atoms with E-state index in [-0.39, 0.29) is 0 Å². The van der Waals surface area contributed by atoms with Gasteiger partial charge in [0.15, 0.2) is 0 Å². The highest BCUT2D eigenvalue weighted by molar-refractivity contribution is 5.51. The van der Waals surface area contributed by atoms with Crippen molar-refractivity contribution in [2.45, 2.75) is 45.4 Å². The number of hydrogen-bond donors (Lipinski definition) is 2. The van der Waals surface area contributed by atoms with Crippen LogP contribution in [0.2, 0.25) is 0 Å². The van der Waals surface area contributed by atoms with E-state index in [0.29, 0.717) is 12.5 Å². The Kier molecular flexibility index (Phi) is 3.94. The molecule has 3 N–H and O–H groups in total. The van der Waals surface area contributed by atoms with Crippen LogP contribution in [-0.4, -0.2) is 23.1 Å². The monoisotopic (exact) mass is 234 g/mol.